The molecule has 7 nitrogen and oxygen atoms in total. The van der Waals surface area contributed by atoms with Crippen LogP contribution in [0.15, 0.2) is 24.3 Å². The van der Waals surface area contributed by atoms with Gasteiger partial charge in [0.05, 0.1) is 11.0 Å². The van der Waals surface area contributed by atoms with Crippen molar-refractivity contribution in [2.24, 2.45) is 13.0 Å². The van der Waals surface area contributed by atoms with Crippen LogP contribution in [0.4, 0.5) is 11.1 Å². The first-order chi connectivity index (χ1) is 13.0. The zero-order valence-electron chi connectivity index (χ0n) is 15.8. The van der Waals surface area contributed by atoms with Crippen LogP contribution in [0, 0.1) is 5.92 Å². The van der Waals surface area contributed by atoms with Crippen molar-refractivity contribution >= 4 is 39.4 Å². The van der Waals surface area contributed by atoms with E-state index in [0.717, 1.165) is 47.9 Å². The van der Waals surface area contributed by atoms with Gasteiger partial charge >= 0.3 is 0 Å². The van der Waals surface area contributed by atoms with Crippen LogP contribution in [0.3, 0.4) is 0 Å². The summed E-state index contributed by atoms with van der Waals surface area (Å²) in [7, 11) is 2.05. The fourth-order valence-electron chi connectivity index (χ4n) is 3.48. The van der Waals surface area contributed by atoms with E-state index in [1.165, 1.54) is 11.3 Å². The molecule has 1 saturated heterocycles. The summed E-state index contributed by atoms with van der Waals surface area (Å²) in [6.07, 6.45) is 1.62. The minimum absolute atomic E-state index is 0.00216. The zero-order chi connectivity index (χ0) is 19.0. The van der Waals surface area contributed by atoms with E-state index < -0.39 is 0 Å². The molecule has 1 fully saturated rings. The van der Waals surface area contributed by atoms with Gasteiger partial charge in [0.25, 0.3) is 0 Å². The third-order valence-corrected chi connectivity index (χ3v) is 6.22. The molecule has 0 atom stereocenters. The molecule has 2 aromatic heterocycles. The minimum Gasteiger partial charge on any atom is -0.342 e. The van der Waals surface area contributed by atoms with Gasteiger partial charge in [-0.2, -0.15) is 0 Å². The molecule has 0 radical (unpaired) electrons. The van der Waals surface area contributed by atoms with Crippen molar-refractivity contribution in [1.29, 1.82) is 0 Å². The second-order valence-corrected chi connectivity index (χ2v) is 8.32. The average Bonchev–Trinajstić information content (AvgIpc) is 3.27. The van der Waals surface area contributed by atoms with E-state index in [2.05, 4.69) is 44.9 Å². The van der Waals surface area contributed by atoms with Gasteiger partial charge in [0, 0.05) is 32.0 Å². The lowest BCUT2D eigenvalue weighted by Crippen LogP contribution is -2.39. The first-order valence-corrected chi connectivity index (χ1v) is 10.1. The third-order valence-electron chi connectivity index (χ3n) is 5.08. The Hall–Kier alpha value is -2.48. The lowest BCUT2D eigenvalue weighted by molar-refractivity contribution is -0.120. The number of imidazole rings is 1. The molecule has 1 aromatic carbocycles. The molecular formula is C19H24N6OS. The van der Waals surface area contributed by atoms with Gasteiger partial charge in [0.15, 0.2) is 0 Å². The molecule has 27 heavy (non-hydrogen) atoms. The smallest absolute Gasteiger partial charge is 0.229 e. The Morgan fingerprint density at radius 2 is 1.96 bits per heavy atom. The first kappa shape index (κ1) is 17.9. The fraction of sp³-hybridized carbons (Fsp3) is 0.474. The topological polar surface area (TPSA) is 75.9 Å². The molecule has 8 heteroatoms. The van der Waals surface area contributed by atoms with Crippen LogP contribution in [-0.2, 0) is 11.8 Å². The van der Waals surface area contributed by atoms with Crippen molar-refractivity contribution in [2.45, 2.75) is 32.6 Å². The van der Waals surface area contributed by atoms with Crippen molar-refractivity contribution in [3.63, 3.8) is 0 Å². The molecule has 0 aliphatic carbocycles. The summed E-state index contributed by atoms with van der Waals surface area (Å²) in [5.41, 5.74) is 2.14. The minimum atomic E-state index is 0.00216. The zero-order valence-corrected chi connectivity index (χ0v) is 16.7. The molecule has 3 heterocycles. The molecule has 1 aliphatic heterocycles. The number of nitrogens with one attached hydrogen (secondary N) is 1. The number of carbonyl (C=O) groups is 1. The largest absolute Gasteiger partial charge is 0.342 e. The monoisotopic (exact) mass is 384 g/mol. The van der Waals surface area contributed by atoms with Crippen LogP contribution in [0.5, 0.6) is 0 Å². The van der Waals surface area contributed by atoms with Crippen molar-refractivity contribution in [1.82, 2.24) is 19.7 Å². The van der Waals surface area contributed by atoms with Gasteiger partial charge in [-0.1, -0.05) is 37.3 Å². The van der Waals surface area contributed by atoms with Gasteiger partial charge in [-0.25, -0.2) is 4.98 Å². The Kier molecular flexibility index (Phi) is 4.82. The van der Waals surface area contributed by atoms with E-state index in [1.807, 2.05) is 25.2 Å². The molecule has 1 N–H and O–H groups in total. The Balaban J connectivity index is 1.39. The number of nitrogens with zero attached hydrogens (tertiary/aromatic N) is 5. The van der Waals surface area contributed by atoms with Crippen LogP contribution in [-0.4, -0.2) is 38.7 Å². The standard InChI is InChI=1S/C19H24N6OS/c1-12(2)17-22-23-18(27-17)21-16(26)13-8-10-25(11-9-13)19-20-14-6-4-5-7-15(14)24(19)3/h4-7,12-13H,8-11H2,1-3H3,(H,21,23,26). The predicted octanol–water partition coefficient (Wildman–Crippen LogP) is 3.40. The molecule has 0 spiro atoms. The fourth-order valence-corrected chi connectivity index (χ4v) is 4.23. The SMILES string of the molecule is CC(C)c1nnc(NC(=O)C2CCN(c3nc4ccccc4n3C)CC2)s1. The molecule has 0 unspecified atom stereocenters. The number of aryl methyl sites for hydroxylation is 1. The summed E-state index contributed by atoms with van der Waals surface area (Å²) in [6, 6.07) is 8.16. The lowest BCUT2D eigenvalue weighted by Gasteiger charge is -2.31. The summed E-state index contributed by atoms with van der Waals surface area (Å²) < 4.78 is 2.13. The number of benzene rings is 1. The number of hydrogen-bond acceptors (Lipinski definition) is 6. The predicted molar refractivity (Wildman–Crippen MR) is 108 cm³/mol. The number of fused-ring (bicyclic) bond motifs is 1. The van der Waals surface area contributed by atoms with E-state index in [9.17, 15) is 4.79 Å². The molecule has 142 valence electrons. The number of amides is 1. The van der Waals surface area contributed by atoms with E-state index in [0.29, 0.717) is 11.0 Å². The summed E-state index contributed by atoms with van der Waals surface area (Å²) in [5.74, 6) is 1.35. The maximum absolute atomic E-state index is 12.6. The van der Waals surface area contributed by atoms with Gasteiger partial charge in [0.1, 0.15) is 5.01 Å². The molecule has 0 bridgehead atoms. The molecule has 1 aliphatic rings. The summed E-state index contributed by atoms with van der Waals surface area (Å²) >= 11 is 1.46. The van der Waals surface area contributed by atoms with E-state index in [-0.39, 0.29) is 11.8 Å². The summed E-state index contributed by atoms with van der Waals surface area (Å²) in [4.78, 5) is 19.6. The maximum atomic E-state index is 12.6. The molecule has 3 aromatic rings. The number of para-hydroxylation sites is 2. The van der Waals surface area contributed by atoms with Crippen molar-refractivity contribution in [3.8, 4) is 0 Å². The van der Waals surface area contributed by atoms with Crippen molar-refractivity contribution in [3.05, 3.63) is 29.3 Å². The van der Waals surface area contributed by atoms with Gasteiger partial charge in [-0.05, 0) is 25.0 Å². The molecule has 0 saturated carbocycles. The highest BCUT2D eigenvalue weighted by Crippen LogP contribution is 2.27. The maximum Gasteiger partial charge on any atom is 0.229 e. The number of anilines is 2. The summed E-state index contributed by atoms with van der Waals surface area (Å²) in [6.45, 7) is 5.79. The Morgan fingerprint density at radius 1 is 1.22 bits per heavy atom. The molecular weight excluding hydrogens is 360 g/mol. The number of piperidine rings is 1. The van der Waals surface area contributed by atoms with E-state index in [4.69, 9.17) is 4.98 Å². The van der Waals surface area contributed by atoms with E-state index in [1.54, 1.807) is 0 Å². The van der Waals surface area contributed by atoms with Gasteiger partial charge < -0.3 is 14.8 Å². The lowest BCUT2D eigenvalue weighted by atomic mass is 9.96. The second kappa shape index (κ2) is 7.26. The van der Waals surface area contributed by atoms with Crippen LogP contribution in [0.2, 0.25) is 0 Å². The normalized spacial score (nSPS) is 15.6. The van der Waals surface area contributed by atoms with Crippen LogP contribution >= 0.6 is 11.3 Å². The molecule has 1 amide bonds. The molecule has 4 rings (SSSR count). The Bertz CT molecular complexity index is 954. The summed E-state index contributed by atoms with van der Waals surface area (Å²) in [5, 5.41) is 12.7. The van der Waals surface area contributed by atoms with Crippen molar-refractivity contribution in [2.75, 3.05) is 23.3 Å². The van der Waals surface area contributed by atoms with Gasteiger partial charge in [-0.3, -0.25) is 4.79 Å². The first-order valence-electron chi connectivity index (χ1n) is 9.33. The third kappa shape index (κ3) is 3.53. The number of carbonyl (C=O) groups excluding carboxylic acids is 1. The number of rotatable bonds is 4. The van der Waals surface area contributed by atoms with E-state index >= 15 is 0 Å². The Labute approximate surface area is 162 Å². The van der Waals surface area contributed by atoms with Gasteiger partial charge in [0.2, 0.25) is 17.0 Å². The Morgan fingerprint density at radius 3 is 2.63 bits per heavy atom. The van der Waals surface area contributed by atoms with Crippen LogP contribution < -0.4 is 10.2 Å². The van der Waals surface area contributed by atoms with Crippen molar-refractivity contribution < 1.29 is 4.79 Å². The second-order valence-electron chi connectivity index (χ2n) is 7.31. The average molecular weight is 385 g/mol. The number of hydrogen-bond donors (Lipinski definition) is 1. The highest BCUT2D eigenvalue weighted by atomic mass is 32.1. The highest BCUT2D eigenvalue weighted by molar-refractivity contribution is 7.15. The highest BCUT2D eigenvalue weighted by Gasteiger charge is 2.27. The number of aromatic nitrogens is 4. The van der Waals surface area contributed by atoms with Crippen LogP contribution in [0.1, 0.15) is 37.6 Å². The van der Waals surface area contributed by atoms with Crippen LogP contribution in [0.25, 0.3) is 11.0 Å². The van der Waals surface area contributed by atoms with Gasteiger partial charge in [-0.15, -0.1) is 10.2 Å². The quantitative estimate of drug-likeness (QED) is 0.746.